The fourth-order valence-electron chi connectivity index (χ4n) is 9.97. The average Bonchev–Trinajstić information content (AvgIpc) is 3.48. The van der Waals surface area contributed by atoms with E-state index in [0.717, 1.165) is 44.1 Å². The Morgan fingerprint density at radius 3 is 2.46 bits per heavy atom. The van der Waals surface area contributed by atoms with Crippen molar-refractivity contribution in [1.29, 1.82) is 0 Å². The minimum atomic E-state index is -1.48. The molecule has 4 saturated carbocycles. The number of esters is 1. The maximum atomic E-state index is 12.4. The maximum absolute atomic E-state index is 12.4. The lowest BCUT2D eigenvalue weighted by molar-refractivity contribution is -0.317. The lowest BCUT2D eigenvalue weighted by atomic mass is 9.43. The van der Waals surface area contributed by atoms with Crippen molar-refractivity contribution in [2.45, 2.75) is 107 Å². The number of carbonyl (C=O) groups is 1. The average molecular weight is 553 g/mol. The fourth-order valence-corrected chi connectivity index (χ4v) is 9.97. The highest BCUT2D eigenvalue weighted by Crippen LogP contribution is 2.70. The zero-order valence-corrected chi connectivity index (χ0v) is 22.7. The molecular weight excluding hydrogens is 508 g/mol. The number of hydrogen-bond acceptors (Lipinski definition) is 10. The third-order valence-corrected chi connectivity index (χ3v) is 12.1. The number of carbonyl (C=O) groups excluding carboxylic acids is 1. The van der Waals surface area contributed by atoms with Gasteiger partial charge in [-0.25, -0.2) is 4.79 Å². The highest BCUT2D eigenvalue weighted by atomic mass is 16.7. The molecule has 6 N–H and O–H groups in total. The molecule has 6 aliphatic rings. The smallest absolute Gasteiger partial charge is 0.331 e. The first kappa shape index (κ1) is 28.0. The van der Waals surface area contributed by atoms with Crippen LogP contribution in [0.2, 0.25) is 0 Å². The van der Waals surface area contributed by atoms with E-state index in [1.54, 1.807) is 6.08 Å². The van der Waals surface area contributed by atoms with Crippen LogP contribution in [-0.2, 0) is 19.0 Å². The molecule has 2 heterocycles. The van der Waals surface area contributed by atoms with Gasteiger partial charge < -0.3 is 44.8 Å². The molecule has 0 bridgehead atoms. The van der Waals surface area contributed by atoms with Crippen LogP contribution >= 0.6 is 0 Å². The van der Waals surface area contributed by atoms with Crippen molar-refractivity contribution >= 4 is 5.97 Å². The molecule has 0 radical (unpaired) electrons. The Bertz CT molecular complexity index is 985. The van der Waals surface area contributed by atoms with Gasteiger partial charge in [0, 0.05) is 18.1 Å². The third kappa shape index (κ3) is 4.08. The van der Waals surface area contributed by atoms with Gasteiger partial charge in [-0.3, -0.25) is 0 Å². The van der Waals surface area contributed by atoms with Crippen molar-refractivity contribution in [1.82, 2.24) is 0 Å². The summed E-state index contributed by atoms with van der Waals surface area (Å²) in [7, 11) is 0. The highest BCUT2D eigenvalue weighted by molar-refractivity contribution is 5.85. The van der Waals surface area contributed by atoms with E-state index in [2.05, 4.69) is 6.92 Å². The number of cyclic esters (lactones) is 1. The molecule has 0 aromatic heterocycles. The van der Waals surface area contributed by atoms with Crippen LogP contribution in [0.15, 0.2) is 11.6 Å². The van der Waals surface area contributed by atoms with Crippen LogP contribution in [0, 0.1) is 34.5 Å². The van der Waals surface area contributed by atoms with E-state index in [1.807, 2.05) is 0 Å². The maximum Gasteiger partial charge on any atom is 0.331 e. The van der Waals surface area contributed by atoms with E-state index in [1.165, 1.54) is 0 Å². The van der Waals surface area contributed by atoms with E-state index in [-0.39, 0.29) is 53.2 Å². The predicted octanol–water partition coefficient (Wildman–Crippen LogP) is 0.401. The topological polar surface area (TPSA) is 166 Å². The highest BCUT2D eigenvalue weighted by Gasteiger charge is 2.68. The summed E-state index contributed by atoms with van der Waals surface area (Å²) >= 11 is 0. The summed E-state index contributed by atoms with van der Waals surface area (Å²) < 4.78 is 16.9. The first-order chi connectivity index (χ1) is 18.6. The molecule has 5 fully saturated rings. The zero-order valence-electron chi connectivity index (χ0n) is 22.7. The van der Waals surface area contributed by atoms with Crippen molar-refractivity contribution in [3.8, 4) is 0 Å². The third-order valence-electron chi connectivity index (χ3n) is 12.1. The summed E-state index contributed by atoms with van der Waals surface area (Å²) in [6.45, 7) is 2.06. The molecule has 0 aromatic rings. The van der Waals surface area contributed by atoms with Gasteiger partial charge in [-0.15, -0.1) is 0 Å². The first-order valence-corrected chi connectivity index (χ1v) is 14.7. The number of aliphatic hydroxyl groups excluding tert-OH is 5. The Labute approximate surface area is 229 Å². The number of ether oxygens (including phenoxy) is 3. The minimum Gasteiger partial charge on any atom is -0.458 e. The summed E-state index contributed by atoms with van der Waals surface area (Å²) in [5, 5.41) is 63.5. The monoisotopic (exact) mass is 552 g/mol. The van der Waals surface area contributed by atoms with Crippen LogP contribution in [0.5, 0.6) is 0 Å². The van der Waals surface area contributed by atoms with Gasteiger partial charge in [0.1, 0.15) is 31.0 Å². The van der Waals surface area contributed by atoms with Gasteiger partial charge in [-0.1, -0.05) is 6.92 Å². The second-order valence-electron chi connectivity index (χ2n) is 13.4. The Hall–Kier alpha value is -1.11. The lowest BCUT2D eigenvalue weighted by Crippen LogP contribution is -2.64. The predicted molar refractivity (Wildman–Crippen MR) is 136 cm³/mol. The van der Waals surface area contributed by atoms with Crippen LogP contribution < -0.4 is 0 Å². The lowest BCUT2D eigenvalue weighted by Gasteiger charge is -2.64. The largest absolute Gasteiger partial charge is 0.458 e. The van der Waals surface area contributed by atoms with E-state index >= 15 is 0 Å². The molecule has 0 amide bonds. The summed E-state index contributed by atoms with van der Waals surface area (Å²) in [5.74, 6) is 0.273. The van der Waals surface area contributed by atoms with Crippen LogP contribution in [0.4, 0.5) is 0 Å². The van der Waals surface area contributed by atoms with E-state index in [4.69, 9.17) is 14.2 Å². The van der Waals surface area contributed by atoms with Crippen LogP contribution in [0.3, 0.4) is 0 Å². The second kappa shape index (κ2) is 10.0. The summed E-state index contributed by atoms with van der Waals surface area (Å²) in [4.78, 5) is 11.8. The molecular formula is C29H44O10. The van der Waals surface area contributed by atoms with Crippen LogP contribution in [-0.4, -0.2) is 98.8 Å². The van der Waals surface area contributed by atoms with Crippen LogP contribution in [0.25, 0.3) is 0 Å². The molecule has 6 rings (SSSR count). The van der Waals surface area contributed by atoms with Crippen molar-refractivity contribution in [3.05, 3.63) is 11.6 Å². The summed E-state index contributed by atoms with van der Waals surface area (Å²) in [6, 6.07) is 0. The Kier molecular flexibility index (Phi) is 7.20. The summed E-state index contributed by atoms with van der Waals surface area (Å²) in [5.41, 5.74) is -0.502. The van der Waals surface area contributed by atoms with E-state index in [0.29, 0.717) is 25.9 Å². The molecule has 10 nitrogen and oxygen atoms in total. The van der Waals surface area contributed by atoms with Gasteiger partial charge in [-0.2, -0.15) is 0 Å². The number of rotatable bonds is 5. The van der Waals surface area contributed by atoms with E-state index in [9.17, 15) is 35.4 Å². The first-order valence-electron chi connectivity index (χ1n) is 14.7. The molecule has 4 aliphatic carbocycles. The van der Waals surface area contributed by atoms with Gasteiger partial charge in [0.15, 0.2) is 6.29 Å². The Morgan fingerprint density at radius 2 is 1.77 bits per heavy atom. The van der Waals surface area contributed by atoms with Crippen molar-refractivity contribution in [3.63, 3.8) is 0 Å². The quantitative estimate of drug-likeness (QED) is 0.208. The normalized spacial score (nSPS) is 53.4. The second-order valence-corrected chi connectivity index (χ2v) is 13.4. The SMILES string of the molecule is C[C@]12CC[C@@H]3[C@H](CC[C@@H]4C[C@@H](O[C@@H]5O[C@H](CO)[C@@H](O)[C@H](O)[C@H]5O)CC[C@@]43CO)[C@@]1(O)CC[C@@H]2C1=CC(=O)OC1. The Morgan fingerprint density at radius 1 is 0.974 bits per heavy atom. The van der Waals surface area contributed by atoms with Gasteiger partial charge in [-0.05, 0) is 92.4 Å². The van der Waals surface area contributed by atoms with Crippen molar-refractivity contribution in [2.24, 2.45) is 34.5 Å². The molecule has 13 atom stereocenters. The van der Waals surface area contributed by atoms with E-state index < -0.39 is 42.9 Å². The molecule has 0 unspecified atom stereocenters. The molecule has 220 valence electrons. The zero-order chi connectivity index (χ0) is 27.7. The Balaban J connectivity index is 1.18. The van der Waals surface area contributed by atoms with Gasteiger partial charge in [0.05, 0.1) is 18.3 Å². The van der Waals surface area contributed by atoms with Crippen molar-refractivity contribution < 1.29 is 49.6 Å². The molecule has 1 saturated heterocycles. The van der Waals surface area contributed by atoms with Gasteiger partial charge in [0.25, 0.3) is 0 Å². The van der Waals surface area contributed by atoms with Crippen molar-refractivity contribution in [2.75, 3.05) is 19.8 Å². The minimum absolute atomic E-state index is 0.0509. The molecule has 10 heteroatoms. The number of hydrogen-bond donors (Lipinski definition) is 6. The number of aliphatic hydroxyl groups is 6. The number of fused-ring (bicyclic) bond motifs is 5. The molecule has 0 spiro atoms. The molecule has 2 aliphatic heterocycles. The molecule has 39 heavy (non-hydrogen) atoms. The van der Waals surface area contributed by atoms with Gasteiger partial charge in [0.2, 0.25) is 0 Å². The fraction of sp³-hybridized carbons (Fsp3) is 0.897. The van der Waals surface area contributed by atoms with Crippen LogP contribution in [0.1, 0.15) is 64.7 Å². The summed E-state index contributed by atoms with van der Waals surface area (Å²) in [6.07, 6.45) is 1.88. The van der Waals surface area contributed by atoms with Gasteiger partial charge >= 0.3 is 5.97 Å². The molecule has 0 aromatic carbocycles. The standard InChI is InChI=1S/C29H44O10/c1-27-7-5-19-20(29(27,36)9-6-18(27)15-10-22(32)37-13-15)3-2-16-11-17(4-8-28(16,19)14-31)38-26-25(35)24(34)23(33)21(12-30)39-26/h10,16-21,23-26,30-31,33-36H,2-9,11-14H2,1H3/t16-,17+,18-,19-,20+,21-,23-,24+,25-,26-,27-,28-,29+/m1/s1.